The fourth-order valence-corrected chi connectivity index (χ4v) is 6.45. The van der Waals surface area contributed by atoms with Gasteiger partial charge in [0.1, 0.15) is 0 Å². The Bertz CT molecular complexity index is 1660. The van der Waals surface area contributed by atoms with Gasteiger partial charge in [-0.1, -0.05) is 48.5 Å². The summed E-state index contributed by atoms with van der Waals surface area (Å²) in [6, 6.07) is 23.5. The maximum atomic E-state index is 13.7. The number of likely N-dealkylation sites (tertiary alicyclic amines) is 1. The molecule has 8 heteroatoms. The van der Waals surface area contributed by atoms with E-state index in [9.17, 15) is 14.4 Å². The maximum Gasteiger partial charge on any atom is 0.303 e. The van der Waals surface area contributed by atoms with Gasteiger partial charge in [-0.3, -0.25) is 14.4 Å². The van der Waals surface area contributed by atoms with E-state index in [1.807, 2.05) is 76.5 Å². The molecule has 3 heterocycles. The third-order valence-corrected chi connectivity index (χ3v) is 8.70. The highest BCUT2D eigenvalue weighted by atomic mass is 16.4. The van der Waals surface area contributed by atoms with Crippen LogP contribution in [0.3, 0.4) is 0 Å². The van der Waals surface area contributed by atoms with Crippen LogP contribution in [0.5, 0.6) is 0 Å². The topological polar surface area (TPSA) is 104 Å². The molecule has 1 spiro atoms. The number of benzene rings is 3. The van der Waals surface area contributed by atoms with E-state index in [0.29, 0.717) is 55.5 Å². The van der Waals surface area contributed by atoms with Crippen molar-refractivity contribution in [2.24, 2.45) is 0 Å². The zero-order valence-corrected chi connectivity index (χ0v) is 23.8. The van der Waals surface area contributed by atoms with Crippen molar-refractivity contribution in [3.05, 3.63) is 89.6 Å². The number of nitrogens with zero attached hydrogens (tertiary/aromatic N) is 4. The van der Waals surface area contributed by atoms with Gasteiger partial charge in [0.15, 0.2) is 0 Å². The van der Waals surface area contributed by atoms with Crippen LogP contribution < -0.4 is 4.90 Å². The zero-order chi connectivity index (χ0) is 29.3. The standard InChI is InChI=1S/C34H34N4O4/c1-23(39)38-22-34(26-11-5-7-13-30(26)38)17-19-37(20-18-34)33(42)25-15-16-27-29(21-25)35-28(12-6-8-14-31(40)41)32(36-27)24-9-3-2-4-10-24/h2-5,7,9-11,13,15-16,21H,6,8,12,14,17-20,22H2,1H3,(H,40,41). The molecule has 2 aliphatic heterocycles. The molecule has 8 nitrogen and oxygen atoms in total. The minimum Gasteiger partial charge on any atom is -0.481 e. The van der Waals surface area contributed by atoms with Crippen molar-refractivity contribution < 1.29 is 19.5 Å². The largest absolute Gasteiger partial charge is 0.481 e. The highest BCUT2D eigenvalue weighted by Crippen LogP contribution is 2.47. The average Bonchev–Trinajstić information content (AvgIpc) is 3.33. The Labute approximate surface area is 245 Å². The Hall–Kier alpha value is -4.59. The molecule has 0 bridgehead atoms. The molecule has 214 valence electrons. The van der Waals surface area contributed by atoms with Gasteiger partial charge in [0, 0.05) is 55.2 Å². The van der Waals surface area contributed by atoms with Crippen molar-refractivity contribution in [3.63, 3.8) is 0 Å². The van der Waals surface area contributed by atoms with Crippen molar-refractivity contribution in [3.8, 4) is 11.3 Å². The van der Waals surface area contributed by atoms with Gasteiger partial charge >= 0.3 is 5.97 Å². The molecule has 0 radical (unpaired) electrons. The Balaban J connectivity index is 1.23. The number of anilines is 1. The Morgan fingerprint density at radius 3 is 2.36 bits per heavy atom. The summed E-state index contributed by atoms with van der Waals surface area (Å²) in [5.41, 5.74) is 6.57. The van der Waals surface area contributed by atoms with Gasteiger partial charge in [-0.05, 0) is 61.9 Å². The summed E-state index contributed by atoms with van der Waals surface area (Å²) in [6.45, 7) is 3.50. The minimum absolute atomic E-state index is 0.0293. The second kappa shape index (κ2) is 11.4. The first kappa shape index (κ1) is 27.6. The maximum absolute atomic E-state index is 13.7. The van der Waals surface area contributed by atoms with E-state index in [1.165, 1.54) is 5.56 Å². The first-order chi connectivity index (χ1) is 20.3. The molecular weight excluding hydrogens is 528 g/mol. The van der Waals surface area contributed by atoms with Crippen molar-refractivity contribution in [2.75, 3.05) is 24.5 Å². The van der Waals surface area contributed by atoms with Crippen LogP contribution in [-0.4, -0.2) is 57.4 Å². The molecule has 3 aromatic carbocycles. The van der Waals surface area contributed by atoms with E-state index in [0.717, 1.165) is 35.5 Å². The van der Waals surface area contributed by atoms with Crippen molar-refractivity contribution in [1.29, 1.82) is 0 Å². The second-order valence-corrected chi connectivity index (χ2v) is 11.4. The number of hydrogen-bond donors (Lipinski definition) is 1. The first-order valence-electron chi connectivity index (χ1n) is 14.6. The number of carboxylic acid groups (broad SMARTS) is 1. The number of para-hydroxylation sites is 1. The Kier molecular flexibility index (Phi) is 7.45. The van der Waals surface area contributed by atoms with Crippen molar-refractivity contribution >= 4 is 34.5 Å². The summed E-state index contributed by atoms with van der Waals surface area (Å²) in [7, 11) is 0. The number of rotatable bonds is 7. The zero-order valence-electron chi connectivity index (χ0n) is 23.8. The van der Waals surface area contributed by atoms with E-state index >= 15 is 0 Å². The number of aromatic nitrogens is 2. The highest BCUT2D eigenvalue weighted by Gasteiger charge is 2.46. The molecule has 2 amide bonds. The SMILES string of the molecule is CC(=O)N1CC2(CCN(C(=O)c3ccc4nc(-c5ccccc5)c(CCCCC(=O)O)nc4c3)CC2)c2ccccc21. The molecule has 1 saturated heterocycles. The fraction of sp³-hybridized carbons (Fsp3) is 0.324. The Morgan fingerprint density at radius 1 is 0.881 bits per heavy atom. The van der Waals surface area contributed by atoms with Crippen LogP contribution in [0.4, 0.5) is 5.69 Å². The van der Waals surface area contributed by atoms with Gasteiger partial charge in [0.2, 0.25) is 5.91 Å². The number of fused-ring (bicyclic) bond motifs is 3. The summed E-state index contributed by atoms with van der Waals surface area (Å²) in [5, 5.41) is 9.03. The summed E-state index contributed by atoms with van der Waals surface area (Å²) >= 11 is 0. The van der Waals surface area contributed by atoms with Crippen LogP contribution in [0.1, 0.15) is 60.6 Å². The highest BCUT2D eigenvalue weighted by molar-refractivity contribution is 5.98. The number of amides is 2. The predicted molar refractivity (Wildman–Crippen MR) is 161 cm³/mol. The van der Waals surface area contributed by atoms with Gasteiger partial charge in [0.25, 0.3) is 5.91 Å². The summed E-state index contributed by atoms with van der Waals surface area (Å²) in [5.74, 6) is -0.784. The van der Waals surface area contributed by atoms with Gasteiger partial charge in [-0.2, -0.15) is 0 Å². The third-order valence-electron chi connectivity index (χ3n) is 8.70. The van der Waals surface area contributed by atoms with E-state index in [2.05, 4.69) is 6.07 Å². The van der Waals surface area contributed by atoms with E-state index in [-0.39, 0.29) is 23.7 Å². The quantitative estimate of drug-likeness (QED) is 0.293. The third kappa shape index (κ3) is 5.24. The molecule has 0 saturated carbocycles. The summed E-state index contributed by atoms with van der Waals surface area (Å²) in [4.78, 5) is 50.7. The molecule has 1 N–H and O–H groups in total. The van der Waals surface area contributed by atoms with E-state index in [1.54, 1.807) is 6.92 Å². The smallest absolute Gasteiger partial charge is 0.303 e. The average molecular weight is 563 g/mol. The monoisotopic (exact) mass is 562 g/mol. The molecule has 4 aromatic rings. The van der Waals surface area contributed by atoms with Gasteiger partial charge < -0.3 is 14.9 Å². The molecule has 6 rings (SSSR count). The lowest BCUT2D eigenvalue weighted by molar-refractivity contribution is -0.137. The fourth-order valence-electron chi connectivity index (χ4n) is 6.45. The molecule has 0 atom stereocenters. The molecule has 2 aliphatic rings. The van der Waals surface area contributed by atoms with Gasteiger partial charge in [-0.25, -0.2) is 9.97 Å². The lowest BCUT2D eigenvalue weighted by atomic mass is 9.74. The van der Waals surface area contributed by atoms with Crippen LogP contribution in [-0.2, 0) is 21.4 Å². The second-order valence-electron chi connectivity index (χ2n) is 11.4. The Morgan fingerprint density at radius 2 is 1.62 bits per heavy atom. The van der Waals surface area contributed by atoms with Crippen molar-refractivity contribution in [2.45, 2.75) is 50.9 Å². The minimum atomic E-state index is -0.803. The van der Waals surface area contributed by atoms with Gasteiger partial charge in [-0.15, -0.1) is 0 Å². The van der Waals surface area contributed by atoms with Crippen LogP contribution in [0.25, 0.3) is 22.3 Å². The summed E-state index contributed by atoms with van der Waals surface area (Å²) < 4.78 is 0. The number of unbranched alkanes of at least 4 members (excludes halogenated alkanes) is 1. The van der Waals surface area contributed by atoms with Crippen LogP contribution in [0.15, 0.2) is 72.8 Å². The lowest BCUT2D eigenvalue weighted by Gasteiger charge is -2.40. The number of carbonyl (C=O) groups is 3. The summed E-state index contributed by atoms with van der Waals surface area (Å²) in [6.07, 6.45) is 3.57. The number of piperidine rings is 1. The van der Waals surface area contributed by atoms with Crippen LogP contribution >= 0.6 is 0 Å². The number of carboxylic acids is 1. The molecular formula is C34H34N4O4. The van der Waals surface area contributed by atoms with Crippen LogP contribution in [0.2, 0.25) is 0 Å². The van der Waals surface area contributed by atoms with Crippen LogP contribution in [0, 0.1) is 0 Å². The van der Waals surface area contributed by atoms with Gasteiger partial charge in [0.05, 0.1) is 22.4 Å². The number of hydrogen-bond acceptors (Lipinski definition) is 5. The normalized spacial score (nSPS) is 15.6. The molecule has 1 fully saturated rings. The number of aliphatic carboxylic acids is 1. The molecule has 0 unspecified atom stereocenters. The molecule has 1 aromatic heterocycles. The molecule has 42 heavy (non-hydrogen) atoms. The number of carbonyl (C=O) groups excluding carboxylic acids is 2. The number of aryl methyl sites for hydroxylation is 1. The first-order valence-corrected chi connectivity index (χ1v) is 14.6. The van der Waals surface area contributed by atoms with E-state index in [4.69, 9.17) is 15.1 Å². The lowest BCUT2D eigenvalue weighted by Crippen LogP contribution is -2.47. The van der Waals surface area contributed by atoms with Crippen molar-refractivity contribution in [1.82, 2.24) is 14.9 Å². The molecule has 0 aliphatic carbocycles. The predicted octanol–water partition coefficient (Wildman–Crippen LogP) is 5.63. The van der Waals surface area contributed by atoms with E-state index < -0.39 is 5.97 Å².